The highest BCUT2D eigenvalue weighted by atomic mass is 35.5. The summed E-state index contributed by atoms with van der Waals surface area (Å²) in [6, 6.07) is 17.1. The minimum absolute atomic E-state index is 0.150. The normalized spacial score (nSPS) is 29.8. The van der Waals surface area contributed by atoms with E-state index in [0.29, 0.717) is 22.9 Å². The van der Waals surface area contributed by atoms with Gasteiger partial charge in [0, 0.05) is 11.6 Å². The first-order valence-corrected chi connectivity index (χ1v) is 12.1. The van der Waals surface area contributed by atoms with E-state index in [1.54, 1.807) is 0 Å². The van der Waals surface area contributed by atoms with Gasteiger partial charge in [0.2, 0.25) is 11.8 Å². The van der Waals surface area contributed by atoms with Crippen LogP contribution in [-0.4, -0.2) is 35.2 Å². The number of nitrogens with one attached hydrogen (secondary N) is 1. The fraction of sp³-hybridized carbons (Fsp3) is 0.296. The van der Waals surface area contributed by atoms with Crippen LogP contribution in [0.2, 0.25) is 5.02 Å². The van der Waals surface area contributed by atoms with Crippen molar-refractivity contribution in [1.82, 2.24) is 4.90 Å². The van der Waals surface area contributed by atoms with Gasteiger partial charge >= 0.3 is 0 Å². The van der Waals surface area contributed by atoms with Gasteiger partial charge in [0.05, 0.1) is 28.2 Å². The summed E-state index contributed by atoms with van der Waals surface area (Å²) in [6.45, 7) is 2.60. The van der Waals surface area contributed by atoms with Gasteiger partial charge in [0.25, 0.3) is 5.91 Å². The summed E-state index contributed by atoms with van der Waals surface area (Å²) < 4.78 is 0. The topological polar surface area (TPSA) is 69.7 Å². The van der Waals surface area contributed by atoms with Crippen molar-refractivity contribution >= 4 is 51.5 Å². The molecule has 0 unspecified atom stereocenters. The number of benzene rings is 3. The monoisotopic (exact) mass is 471 g/mol. The minimum atomic E-state index is -1.21. The number of fused-ring (bicyclic) bond motifs is 8. The van der Waals surface area contributed by atoms with Crippen molar-refractivity contribution in [3.63, 3.8) is 0 Å². The molecule has 3 fully saturated rings. The summed E-state index contributed by atoms with van der Waals surface area (Å²) >= 11 is 6.54. The predicted octanol–water partition coefficient (Wildman–Crippen LogP) is 4.23. The van der Waals surface area contributed by atoms with E-state index in [-0.39, 0.29) is 23.8 Å². The van der Waals surface area contributed by atoms with Gasteiger partial charge in [-0.15, -0.1) is 0 Å². The Hall–Kier alpha value is -3.22. The van der Waals surface area contributed by atoms with Crippen molar-refractivity contribution in [2.24, 2.45) is 11.8 Å². The Morgan fingerprint density at radius 3 is 2.62 bits per heavy atom. The van der Waals surface area contributed by atoms with Crippen LogP contribution in [0, 0.1) is 18.8 Å². The zero-order valence-electron chi connectivity index (χ0n) is 18.5. The number of hydrogen-bond acceptors (Lipinski definition) is 4. The van der Waals surface area contributed by atoms with Crippen LogP contribution < -0.4 is 10.2 Å². The van der Waals surface area contributed by atoms with Crippen molar-refractivity contribution < 1.29 is 14.4 Å². The van der Waals surface area contributed by atoms with E-state index < -0.39 is 17.4 Å². The van der Waals surface area contributed by atoms with Gasteiger partial charge in [-0.05, 0) is 60.8 Å². The summed E-state index contributed by atoms with van der Waals surface area (Å²) in [5.74, 6) is -2.11. The molecule has 3 aromatic rings. The molecule has 3 aromatic carbocycles. The lowest BCUT2D eigenvalue weighted by Crippen LogP contribution is -2.54. The molecule has 0 saturated carbocycles. The maximum absolute atomic E-state index is 14.1. The molecule has 170 valence electrons. The number of rotatable bonds is 1. The molecule has 0 bridgehead atoms. The van der Waals surface area contributed by atoms with Gasteiger partial charge in [-0.2, -0.15) is 0 Å². The zero-order valence-corrected chi connectivity index (χ0v) is 19.3. The van der Waals surface area contributed by atoms with E-state index in [1.807, 2.05) is 61.5 Å². The van der Waals surface area contributed by atoms with Crippen molar-refractivity contribution in [2.45, 2.75) is 31.3 Å². The maximum Gasteiger partial charge on any atom is 0.250 e. The molecule has 4 heterocycles. The van der Waals surface area contributed by atoms with E-state index in [1.165, 1.54) is 4.90 Å². The molecule has 1 N–H and O–H groups in total. The quantitative estimate of drug-likeness (QED) is 0.539. The molecular formula is C27H22ClN3O3. The van der Waals surface area contributed by atoms with Crippen LogP contribution in [0.3, 0.4) is 0 Å². The molecule has 0 radical (unpaired) electrons. The highest BCUT2D eigenvalue weighted by molar-refractivity contribution is 6.35. The number of imide groups is 1. The number of aryl methyl sites for hydroxylation is 1. The first kappa shape index (κ1) is 20.2. The molecular weight excluding hydrogens is 450 g/mol. The summed E-state index contributed by atoms with van der Waals surface area (Å²) in [6.07, 6.45) is 1.67. The number of halogens is 1. The minimum Gasteiger partial charge on any atom is -0.323 e. The summed E-state index contributed by atoms with van der Waals surface area (Å²) in [4.78, 5) is 45.2. The lowest BCUT2D eigenvalue weighted by atomic mass is 9.75. The molecule has 4 aliphatic heterocycles. The van der Waals surface area contributed by atoms with Crippen LogP contribution in [0.1, 0.15) is 24.0 Å². The van der Waals surface area contributed by atoms with Crippen LogP contribution >= 0.6 is 11.6 Å². The first-order valence-electron chi connectivity index (χ1n) is 11.7. The van der Waals surface area contributed by atoms with E-state index in [4.69, 9.17) is 11.6 Å². The SMILES string of the molecule is Cc1cc(Cl)c2c(c1)[C@]1(C(=O)N2)[C@@H]2C(=O)N(c3ccc4ccccc4c3)C(=O)[C@@H]2[C@@H]2CCCN21. The number of carbonyl (C=O) groups excluding carboxylic acids is 3. The molecule has 0 aromatic heterocycles. The third kappa shape index (κ3) is 2.28. The standard InChI is InChI=1S/C27H22ClN3O3/c1-14-11-18-23(19(28)12-14)29-26(34)27(18)22-21(20-7-4-10-30(20)27)24(32)31(25(22)33)17-9-8-15-5-2-3-6-16(15)13-17/h2-3,5-6,8-9,11-13,20-22H,4,7,10H2,1H3,(H,29,34)/t20-,21+,22-,27+/m0/s1. The molecule has 7 rings (SSSR count). The average molecular weight is 472 g/mol. The second-order valence-corrected chi connectivity index (χ2v) is 10.2. The van der Waals surface area contributed by atoms with E-state index in [2.05, 4.69) is 10.2 Å². The Labute approximate surface area is 201 Å². The number of anilines is 2. The average Bonchev–Trinajstić information content (AvgIpc) is 3.52. The molecule has 0 aliphatic carbocycles. The van der Waals surface area contributed by atoms with Gasteiger partial charge < -0.3 is 5.32 Å². The van der Waals surface area contributed by atoms with Crippen molar-refractivity contribution in [3.8, 4) is 0 Å². The summed E-state index contributed by atoms with van der Waals surface area (Å²) in [5, 5.41) is 5.43. The van der Waals surface area contributed by atoms with Crippen LogP contribution in [-0.2, 0) is 19.9 Å². The van der Waals surface area contributed by atoms with Gasteiger partial charge in [0.1, 0.15) is 5.54 Å². The van der Waals surface area contributed by atoms with E-state index in [9.17, 15) is 14.4 Å². The van der Waals surface area contributed by atoms with E-state index in [0.717, 1.165) is 34.7 Å². The zero-order chi connectivity index (χ0) is 23.4. The Balaban J connectivity index is 1.43. The second kappa shape index (κ2) is 6.68. The van der Waals surface area contributed by atoms with Crippen molar-refractivity contribution in [3.05, 3.63) is 70.7 Å². The lowest BCUT2D eigenvalue weighted by Gasteiger charge is -2.36. The molecule has 34 heavy (non-hydrogen) atoms. The first-order chi connectivity index (χ1) is 16.4. The van der Waals surface area contributed by atoms with Gasteiger partial charge in [-0.3, -0.25) is 19.3 Å². The van der Waals surface area contributed by atoms with Crippen LogP contribution in [0.5, 0.6) is 0 Å². The molecule has 4 atom stereocenters. The predicted molar refractivity (Wildman–Crippen MR) is 130 cm³/mol. The smallest absolute Gasteiger partial charge is 0.250 e. The molecule has 4 aliphatic rings. The fourth-order valence-electron chi connectivity index (χ4n) is 6.97. The van der Waals surface area contributed by atoms with Crippen LogP contribution in [0.4, 0.5) is 11.4 Å². The Kier molecular flexibility index (Phi) is 3.96. The van der Waals surface area contributed by atoms with E-state index >= 15 is 0 Å². The maximum atomic E-state index is 14.1. The Bertz CT molecular complexity index is 1450. The Morgan fingerprint density at radius 2 is 1.79 bits per heavy atom. The van der Waals surface area contributed by atoms with Gasteiger partial charge in [-0.1, -0.05) is 48.0 Å². The highest BCUT2D eigenvalue weighted by Crippen LogP contribution is 2.61. The number of nitrogens with zero attached hydrogens (tertiary/aromatic N) is 2. The summed E-state index contributed by atoms with van der Waals surface area (Å²) in [7, 11) is 0. The molecule has 3 amide bonds. The third-order valence-electron chi connectivity index (χ3n) is 8.19. The van der Waals surface area contributed by atoms with Crippen LogP contribution in [0.15, 0.2) is 54.6 Å². The Morgan fingerprint density at radius 1 is 1.00 bits per heavy atom. The summed E-state index contributed by atoms with van der Waals surface area (Å²) in [5.41, 5.74) is 1.55. The third-order valence-corrected chi connectivity index (χ3v) is 8.49. The largest absolute Gasteiger partial charge is 0.323 e. The van der Waals surface area contributed by atoms with Gasteiger partial charge in [0.15, 0.2) is 0 Å². The van der Waals surface area contributed by atoms with Crippen LogP contribution in [0.25, 0.3) is 10.8 Å². The molecule has 6 nitrogen and oxygen atoms in total. The number of carbonyl (C=O) groups is 3. The van der Waals surface area contributed by atoms with Gasteiger partial charge in [-0.25, -0.2) is 4.90 Å². The molecule has 1 spiro atoms. The molecule has 3 saturated heterocycles. The lowest BCUT2D eigenvalue weighted by molar-refractivity contribution is -0.135. The van der Waals surface area contributed by atoms with Crippen molar-refractivity contribution in [2.75, 3.05) is 16.8 Å². The second-order valence-electron chi connectivity index (χ2n) is 9.84. The molecule has 7 heteroatoms. The number of hydrogen-bond donors (Lipinski definition) is 1. The fourth-order valence-corrected chi connectivity index (χ4v) is 7.29. The number of amides is 3. The highest BCUT2D eigenvalue weighted by Gasteiger charge is 2.74. The van der Waals surface area contributed by atoms with Crippen molar-refractivity contribution in [1.29, 1.82) is 0 Å².